The number of carbonyl (C=O) groups is 2. The summed E-state index contributed by atoms with van der Waals surface area (Å²) in [4.78, 5) is 25.1. The minimum atomic E-state index is 0.0638. The number of rotatable bonds is 2. The predicted molar refractivity (Wildman–Crippen MR) is 58.9 cm³/mol. The molecule has 4 heteroatoms. The molecular weight excluding hydrogens is 206 g/mol. The van der Waals surface area contributed by atoms with E-state index in [1.54, 1.807) is 6.92 Å². The number of nitrogens with zero attached hydrogens (tertiary/aromatic N) is 1. The Morgan fingerprint density at radius 3 is 2.31 bits per heavy atom. The van der Waals surface area contributed by atoms with E-state index >= 15 is 0 Å². The van der Waals surface area contributed by atoms with Crippen molar-refractivity contribution in [3.05, 3.63) is 0 Å². The maximum atomic E-state index is 12.0. The monoisotopic (exact) mass is 225 g/mol. The summed E-state index contributed by atoms with van der Waals surface area (Å²) in [5.74, 6) is 0.716. The van der Waals surface area contributed by atoms with Gasteiger partial charge in [0, 0.05) is 25.6 Å². The van der Waals surface area contributed by atoms with Gasteiger partial charge in [-0.05, 0) is 26.2 Å². The van der Waals surface area contributed by atoms with Crippen molar-refractivity contribution in [2.75, 3.05) is 26.3 Å². The first-order chi connectivity index (χ1) is 7.68. The number of amides is 1. The van der Waals surface area contributed by atoms with Gasteiger partial charge in [0.25, 0.3) is 0 Å². The second-order valence-corrected chi connectivity index (χ2v) is 4.77. The molecule has 90 valence electrons. The average Bonchev–Trinajstić information content (AvgIpc) is 2.81. The van der Waals surface area contributed by atoms with Crippen molar-refractivity contribution in [2.45, 2.75) is 26.2 Å². The van der Waals surface area contributed by atoms with Gasteiger partial charge >= 0.3 is 0 Å². The molecule has 2 aliphatic heterocycles. The summed E-state index contributed by atoms with van der Waals surface area (Å²) >= 11 is 0. The first kappa shape index (κ1) is 11.6. The van der Waals surface area contributed by atoms with Gasteiger partial charge in [0.2, 0.25) is 5.91 Å². The summed E-state index contributed by atoms with van der Waals surface area (Å²) in [6.45, 7) is 4.40. The fraction of sp³-hybridized carbons (Fsp3) is 0.833. The minimum Gasteiger partial charge on any atom is -0.381 e. The van der Waals surface area contributed by atoms with Gasteiger partial charge in [-0.2, -0.15) is 0 Å². The molecule has 0 saturated carbocycles. The Hall–Kier alpha value is -0.900. The first-order valence-electron chi connectivity index (χ1n) is 6.05. The fourth-order valence-corrected chi connectivity index (χ4v) is 2.49. The Morgan fingerprint density at radius 2 is 1.81 bits per heavy atom. The number of carbonyl (C=O) groups excluding carboxylic acids is 2. The topological polar surface area (TPSA) is 46.6 Å². The van der Waals surface area contributed by atoms with E-state index < -0.39 is 0 Å². The van der Waals surface area contributed by atoms with E-state index in [1.165, 1.54) is 0 Å². The maximum absolute atomic E-state index is 12.0. The number of hydrogen-bond donors (Lipinski definition) is 0. The Balaban J connectivity index is 1.84. The van der Waals surface area contributed by atoms with Gasteiger partial charge in [-0.3, -0.25) is 9.59 Å². The third-order valence-corrected chi connectivity index (χ3v) is 3.66. The molecule has 0 spiro atoms. The highest BCUT2D eigenvalue weighted by Gasteiger charge is 2.31. The van der Waals surface area contributed by atoms with Gasteiger partial charge in [0.05, 0.1) is 12.5 Å². The van der Waals surface area contributed by atoms with Gasteiger partial charge in [-0.25, -0.2) is 0 Å². The lowest BCUT2D eigenvalue weighted by atomic mass is 9.92. The van der Waals surface area contributed by atoms with Crippen LogP contribution in [0.25, 0.3) is 0 Å². The van der Waals surface area contributed by atoms with Crippen LogP contribution in [0.2, 0.25) is 0 Å². The summed E-state index contributed by atoms with van der Waals surface area (Å²) < 4.78 is 5.23. The van der Waals surface area contributed by atoms with Gasteiger partial charge in [0.1, 0.15) is 5.78 Å². The number of likely N-dealkylation sites (tertiary alicyclic amines) is 1. The van der Waals surface area contributed by atoms with Crippen molar-refractivity contribution in [1.29, 1.82) is 0 Å². The van der Waals surface area contributed by atoms with Crippen LogP contribution in [0.3, 0.4) is 0 Å². The van der Waals surface area contributed by atoms with Crippen LogP contribution in [-0.2, 0) is 14.3 Å². The van der Waals surface area contributed by atoms with Crippen LogP contribution < -0.4 is 0 Å². The molecule has 0 radical (unpaired) electrons. The number of ether oxygens (including phenoxy) is 1. The maximum Gasteiger partial charge on any atom is 0.228 e. The van der Waals surface area contributed by atoms with Crippen LogP contribution in [-0.4, -0.2) is 42.9 Å². The molecule has 1 amide bonds. The molecule has 0 aromatic carbocycles. The van der Waals surface area contributed by atoms with Gasteiger partial charge in [-0.1, -0.05) is 0 Å². The molecule has 2 rings (SSSR count). The van der Waals surface area contributed by atoms with Crippen LogP contribution in [0.5, 0.6) is 0 Å². The fourth-order valence-electron chi connectivity index (χ4n) is 2.49. The Bertz CT molecular complexity index is 276. The molecule has 2 fully saturated rings. The molecule has 0 aromatic heterocycles. The summed E-state index contributed by atoms with van der Waals surface area (Å²) in [6.07, 6.45) is 2.51. The van der Waals surface area contributed by atoms with E-state index in [-0.39, 0.29) is 23.5 Å². The SMILES string of the molecule is CC(=O)C1CCN(C(=O)C2CCOC2)CC1. The number of ketones is 1. The molecule has 1 atom stereocenters. The summed E-state index contributed by atoms with van der Waals surface area (Å²) in [5, 5.41) is 0. The number of piperidine rings is 1. The Morgan fingerprint density at radius 1 is 1.12 bits per heavy atom. The molecule has 0 aromatic rings. The van der Waals surface area contributed by atoms with Crippen molar-refractivity contribution in [2.24, 2.45) is 11.8 Å². The third kappa shape index (κ3) is 2.43. The average molecular weight is 225 g/mol. The standard InChI is InChI=1S/C12H19NO3/c1-9(14)10-2-5-13(6-3-10)12(15)11-4-7-16-8-11/h10-11H,2-8H2,1H3. The molecule has 0 bridgehead atoms. The molecule has 2 saturated heterocycles. The van der Waals surface area contributed by atoms with Crippen molar-refractivity contribution >= 4 is 11.7 Å². The largest absolute Gasteiger partial charge is 0.381 e. The predicted octanol–water partition coefficient (Wildman–Crippen LogP) is 0.851. The van der Waals surface area contributed by atoms with Crippen LogP contribution in [0.15, 0.2) is 0 Å². The van der Waals surface area contributed by atoms with Crippen LogP contribution >= 0.6 is 0 Å². The quantitative estimate of drug-likeness (QED) is 0.700. The lowest BCUT2D eigenvalue weighted by molar-refractivity contribution is -0.138. The van der Waals surface area contributed by atoms with Crippen LogP contribution in [0.1, 0.15) is 26.2 Å². The zero-order valence-electron chi connectivity index (χ0n) is 9.78. The lowest BCUT2D eigenvalue weighted by Gasteiger charge is -2.32. The Kier molecular flexibility index (Phi) is 3.59. The van der Waals surface area contributed by atoms with Crippen molar-refractivity contribution in [1.82, 2.24) is 4.90 Å². The highest BCUT2D eigenvalue weighted by molar-refractivity contribution is 5.81. The van der Waals surface area contributed by atoms with Gasteiger partial charge in [0.15, 0.2) is 0 Å². The van der Waals surface area contributed by atoms with E-state index in [1.807, 2.05) is 4.90 Å². The van der Waals surface area contributed by atoms with Crippen molar-refractivity contribution < 1.29 is 14.3 Å². The minimum absolute atomic E-state index is 0.0638. The second kappa shape index (κ2) is 4.95. The zero-order chi connectivity index (χ0) is 11.5. The highest BCUT2D eigenvalue weighted by Crippen LogP contribution is 2.22. The molecule has 4 nitrogen and oxygen atoms in total. The molecule has 2 aliphatic rings. The second-order valence-electron chi connectivity index (χ2n) is 4.77. The van der Waals surface area contributed by atoms with E-state index in [9.17, 15) is 9.59 Å². The summed E-state index contributed by atoms with van der Waals surface area (Å²) in [7, 11) is 0. The van der Waals surface area contributed by atoms with Crippen LogP contribution in [0, 0.1) is 11.8 Å². The summed E-state index contributed by atoms with van der Waals surface area (Å²) in [5.41, 5.74) is 0. The van der Waals surface area contributed by atoms with E-state index in [0.717, 1.165) is 32.4 Å². The van der Waals surface area contributed by atoms with Crippen molar-refractivity contribution in [3.63, 3.8) is 0 Å². The Labute approximate surface area is 95.9 Å². The van der Waals surface area contributed by atoms with E-state index in [2.05, 4.69) is 0 Å². The molecular formula is C12H19NO3. The third-order valence-electron chi connectivity index (χ3n) is 3.66. The summed E-state index contributed by atoms with van der Waals surface area (Å²) in [6, 6.07) is 0. The van der Waals surface area contributed by atoms with Gasteiger partial charge in [-0.15, -0.1) is 0 Å². The van der Waals surface area contributed by atoms with Crippen molar-refractivity contribution in [3.8, 4) is 0 Å². The van der Waals surface area contributed by atoms with E-state index in [4.69, 9.17) is 4.74 Å². The molecule has 16 heavy (non-hydrogen) atoms. The highest BCUT2D eigenvalue weighted by atomic mass is 16.5. The number of hydrogen-bond acceptors (Lipinski definition) is 3. The van der Waals surface area contributed by atoms with E-state index in [0.29, 0.717) is 13.2 Å². The van der Waals surface area contributed by atoms with Gasteiger partial charge < -0.3 is 9.64 Å². The zero-order valence-corrected chi connectivity index (χ0v) is 9.78. The molecule has 0 N–H and O–H groups in total. The molecule has 0 aliphatic carbocycles. The lowest BCUT2D eigenvalue weighted by Crippen LogP contribution is -2.43. The number of Topliss-reactive ketones (excluding diaryl/α,β-unsaturated/α-hetero) is 1. The first-order valence-corrected chi connectivity index (χ1v) is 6.05. The smallest absolute Gasteiger partial charge is 0.228 e. The normalized spacial score (nSPS) is 27.1. The molecule has 1 unspecified atom stereocenters. The van der Waals surface area contributed by atoms with Crippen LogP contribution in [0.4, 0.5) is 0 Å². The molecule has 2 heterocycles.